The van der Waals surface area contributed by atoms with Gasteiger partial charge in [0.15, 0.2) is 5.96 Å². The van der Waals surface area contributed by atoms with Crippen LogP contribution in [0.4, 0.5) is 0 Å². The number of nitrogens with one attached hydrogen (secondary N) is 2. The Bertz CT molecular complexity index is 635. The first-order valence-corrected chi connectivity index (χ1v) is 7.78. The quantitative estimate of drug-likeness (QED) is 0.637. The zero-order valence-electron chi connectivity index (χ0n) is 14.1. The summed E-state index contributed by atoms with van der Waals surface area (Å²) in [4.78, 5) is 4.27. The van der Waals surface area contributed by atoms with Gasteiger partial charge < -0.3 is 15.4 Å². The molecule has 0 unspecified atom stereocenters. The number of methoxy groups -OCH3 is 1. The van der Waals surface area contributed by atoms with Crippen LogP contribution < -0.4 is 10.6 Å². The number of rotatable bonds is 6. The summed E-state index contributed by atoms with van der Waals surface area (Å²) in [6.07, 6.45) is 0. The number of ether oxygens (including phenoxy) is 1. The van der Waals surface area contributed by atoms with E-state index in [0.717, 1.165) is 12.5 Å². The van der Waals surface area contributed by atoms with Gasteiger partial charge in [0.05, 0.1) is 6.61 Å². The van der Waals surface area contributed by atoms with Crippen LogP contribution in [0.3, 0.4) is 0 Å². The second kappa shape index (κ2) is 8.96. The number of hydrogen-bond donors (Lipinski definition) is 2. The predicted octanol–water partition coefficient (Wildman–Crippen LogP) is 3.01. The second-order valence-corrected chi connectivity index (χ2v) is 5.47. The lowest BCUT2D eigenvalue weighted by molar-refractivity contribution is 0.184. The third-order valence-electron chi connectivity index (χ3n) is 3.67. The van der Waals surface area contributed by atoms with E-state index in [4.69, 9.17) is 4.74 Å². The van der Waals surface area contributed by atoms with Crippen LogP contribution >= 0.6 is 0 Å². The Kier molecular flexibility index (Phi) is 6.63. The fourth-order valence-electron chi connectivity index (χ4n) is 2.32. The second-order valence-electron chi connectivity index (χ2n) is 5.47. The molecule has 122 valence electrons. The fraction of sp³-hybridized carbons (Fsp3) is 0.316. The molecule has 23 heavy (non-hydrogen) atoms. The first-order valence-electron chi connectivity index (χ1n) is 7.78. The number of aryl methyl sites for hydroxylation is 1. The number of nitrogens with zero attached hydrogens (tertiary/aromatic N) is 1. The molecule has 0 atom stereocenters. The van der Waals surface area contributed by atoms with Crippen LogP contribution in [0.5, 0.6) is 0 Å². The minimum atomic E-state index is 0.618. The molecule has 0 aliphatic rings. The molecule has 0 radical (unpaired) electrons. The molecule has 4 heteroatoms. The maximum atomic E-state index is 5.24. The minimum absolute atomic E-state index is 0.618. The van der Waals surface area contributed by atoms with Gasteiger partial charge >= 0.3 is 0 Å². The van der Waals surface area contributed by atoms with Crippen molar-refractivity contribution in [2.24, 2.45) is 4.99 Å². The summed E-state index contributed by atoms with van der Waals surface area (Å²) in [5.74, 6) is 0.790. The van der Waals surface area contributed by atoms with E-state index in [2.05, 4.69) is 58.9 Å². The predicted molar refractivity (Wildman–Crippen MR) is 95.4 cm³/mol. The monoisotopic (exact) mass is 311 g/mol. The molecule has 0 spiro atoms. The summed E-state index contributed by atoms with van der Waals surface area (Å²) in [6, 6.07) is 16.8. The standard InChI is InChI=1S/C19H25N3O/c1-15-8-10-16(11-9-15)12-21-19(20-2)22-13-17-6-4-5-7-18(17)14-23-3/h4-11H,12-14H2,1-3H3,(H2,20,21,22). The van der Waals surface area contributed by atoms with Gasteiger partial charge in [0.1, 0.15) is 0 Å². The van der Waals surface area contributed by atoms with Crippen LogP contribution in [0.15, 0.2) is 53.5 Å². The van der Waals surface area contributed by atoms with E-state index < -0.39 is 0 Å². The van der Waals surface area contributed by atoms with Crippen molar-refractivity contribution < 1.29 is 4.74 Å². The van der Waals surface area contributed by atoms with Crippen molar-refractivity contribution in [2.45, 2.75) is 26.6 Å². The number of hydrogen-bond acceptors (Lipinski definition) is 2. The molecule has 2 aromatic carbocycles. The summed E-state index contributed by atoms with van der Waals surface area (Å²) in [5, 5.41) is 6.68. The summed E-state index contributed by atoms with van der Waals surface area (Å²) in [6.45, 7) is 4.18. The molecule has 0 saturated heterocycles. The average molecular weight is 311 g/mol. The van der Waals surface area contributed by atoms with Crippen LogP contribution in [0, 0.1) is 6.92 Å². The van der Waals surface area contributed by atoms with Gasteiger partial charge in [-0.15, -0.1) is 0 Å². The SMILES string of the molecule is CN=C(NCc1ccc(C)cc1)NCc1ccccc1COC. The molecule has 0 saturated carbocycles. The highest BCUT2D eigenvalue weighted by Crippen LogP contribution is 2.09. The van der Waals surface area contributed by atoms with Gasteiger partial charge in [0, 0.05) is 27.2 Å². The molecule has 0 bridgehead atoms. The first-order chi connectivity index (χ1) is 11.2. The van der Waals surface area contributed by atoms with E-state index in [0.29, 0.717) is 13.2 Å². The normalized spacial score (nSPS) is 11.3. The Hall–Kier alpha value is -2.33. The fourth-order valence-corrected chi connectivity index (χ4v) is 2.32. The number of aliphatic imine (C=N–C) groups is 1. The zero-order chi connectivity index (χ0) is 16.5. The maximum Gasteiger partial charge on any atom is 0.191 e. The highest BCUT2D eigenvalue weighted by atomic mass is 16.5. The van der Waals surface area contributed by atoms with Crippen LogP contribution in [-0.4, -0.2) is 20.1 Å². The summed E-state index contributed by atoms with van der Waals surface area (Å²) >= 11 is 0. The molecule has 0 fully saturated rings. The van der Waals surface area contributed by atoms with Crippen molar-refractivity contribution in [3.8, 4) is 0 Å². The Balaban J connectivity index is 1.89. The van der Waals surface area contributed by atoms with Crippen molar-refractivity contribution in [3.63, 3.8) is 0 Å². The molecular weight excluding hydrogens is 286 g/mol. The Labute approximate surface area is 138 Å². The molecular formula is C19H25N3O. The molecule has 0 aliphatic carbocycles. The molecule has 2 N–H and O–H groups in total. The lowest BCUT2D eigenvalue weighted by Crippen LogP contribution is -2.36. The molecule has 2 aromatic rings. The third-order valence-corrected chi connectivity index (χ3v) is 3.67. The van der Waals surface area contributed by atoms with Crippen LogP contribution in [0.25, 0.3) is 0 Å². The highest BCUT2D eigenvalue weighted by Gasteiger charge is 2.03. The van der Waals surface area contributed by atoms with Gasteiger partial charge in [-0.3, -0.25) is 4.99 Å². The Morgan fingerprint density at radius 3 is 2.26 bits per heavy atom. The molecule has 4 nitrogen and oxygen atoms in total. The first kappa shape index (κ1) is 17.0. The molecule has 0 amide bonds. The number of guanidine groups is 1. The van der Waals surface area contributed by atoms with E-state index in [1.807, 2.05) is 12.1 Å². The molecule has 0 aromatic heterocycles. The van der Waals surface area contributed by atoms with Crippen LogP contribution in [0.2, 0.25) is 0 Å². The van der Waals surface area contributed by atoms with E-state index >= 15 is 0 Å². The van der Waals surface area contributed by atoms with Gasteiger partial charge in [-0.25, -0.2) is 0 Å². The Morgan fingerprint density at radius 2 is 1.61 bits per heavy atom. The van der Waals surface area contributed by atoms with Gasteiger partial charge in [-0.2, -0.15) is 0 Å². The van der Waals surface area contributed by atoms with Gasteiger partial charge in [-0.05, 0) is 23.6 Å². The van der Waals surface area contributed by atoms with E-state index in [9.17, 15) is 0 Å². The topological polar surface area (TPSA) is 45.7 Å². The lowest BCUT2D eigenvalue weighted by Gasteiger charge is -2.14. The summed E-state index contributed by atoms with van der Waals surface area (Å²) in [5.41, 5.74) is 4.91. The third kappa shape index (κ3) is 5.42. The van der Waals surface area contributed by atoms with Gasteiger partial charge in [0.2, 0.25) is 0 Å². The van der Waals surface area contributed by atoms with E-state index in [-0.39, 0.29) is 0 Å². The molecule has 0 aliphatic heterocycles. The van der Waals surface area contributed by atoms with Crippen molar-refractivity contribution >= 4 is 5.96 Å². The summed E-state index contributed by atoms with van der Waals surface area (Å²) in [7, 11) is 3.50. The van der Waals surface area contributed by atoms with Crippen molar-refractivity contribution in [1.29, 1.82) is 0 Å². The number of benzene rings is 2. The van der Waals surface area contributed by atoms with Crippen LogP contribution in [-0.2, 0) is 24.4 Å². The smallest absolute Gasteiger partial charge is 0.191 e. The maximum absolute atomic E-state index is 5.24. The molecule has 2 rings (SSSR count). The molecule has 0 heterocycles. The van der Waals surface area contributed by atoms with E-state index in [1.165, 1.54) is 22.3 Å². The minimum Gasteiger partial charge on any atom is -0.380 e. The van der Waals surface area contributed by atoms with Crippen LogP contribution in [0.1, 0.15) is 22.3 Å². The van der Waals surface area contributed by atoms with Crippen molar-refractivity contribution in [1.82, 2.24) is 10.6 Å². The highest BCUT2D eigenvalue weighted by molar-refractivity contribution is 5.79. The average Bonchev–Trinajstić information content (AvgIpc) is 2.58. The lowest BCUT2D eigenvalue weighted by atomic mass is 10.1. The van der Waals surface area contributed by atoms with Crippen molar-refractivity contribution in [2.75, 3.05) is 14.2 Å². The van der Waals surface area contributed by atoms with Crippen molar-refractivity contribution in [3.05, 3.63) is 70.8 Å². The summed E-state index contributed by atoms with van der Waals surface area (Å²) < 4.78 is 5.24. The van der Waals surface area contributed by atoms with E-state index in [1.54, 1.807) is 14.2 Å². The Morgan fingerprint density at radius 1 is 0.957 bits per heavy atom. The zero-order valence-corrected chi connectivity index (χ0v) is 14.1. The van der Waals surface area contributed by atoms with Gasteiger partial charge in [0.25, 0.3) is 0 Å². The van der Waals surface area contributed by atoms with Gasteiger partial charge in [-0.1, -0.05) is 54.1 Å². The largest absolute Gasteiger partial charge is 0.380 e.